The lowest BCUT2D eigenvalue weighted by molar-refractivity contribution is 0.00769. The first-order valence-electron chi connectivity index (χ1n) is 0.747. The first-order chi connectivity index (χ1) is 1.91. The summed E-state index contributed by atoms with van der Waals surface area (Å²) in [4.78, 5) is 2.52. The molecule has 0 unspecified atom stereocenters. The minimum absolute atomic E-state index is 1.11. The van der Waals surface area contributed by atoms with Gasteiger partial charge in [-0.2, -0.15) is 4.79 Å². The topological polar surface area (TPSA) is 36.4 Å². The Bertz CT molecular complexity index is 44.0. The van der Waals surface area contributed by atoms with Gasteiger partial charge in [-0.05, 0) is 0 Å². The predicted molar refractivity (Wildman–Crippen MR) is 15.4 cm³/mol. The molecule has 0 bridgehead atoms. The molecule has 0 saturated carbocycles. The third-order valence-corrected chi connectivity index (χ3v) is 0.173. The van der Waals surface area contributed by atoms with E-state index in [1.54, 1.807) is 0 Å². The van der Waals surface area contributed by atoms with Crippen LogP contribution in [0.15, 0.2) is 0 Å². The van der Waals surface area contributed by atoms with Crippen molar-refractivity contribution in [1.82, 2.24) is 0 Å². The zero-order chi connectivity index (χ0) is 3.41. The zero-order valence-electron chi connectivity index (χ0n) is 1.97. The molecule has 0 aromatic heterocycles. The molecule has 3 heteroatoms. The molecule has 0 rings (SSSR count). The lowest BCUT2D eigenvalue weighted by Crippen LogP contribution is -1.60. The average Bonchev–Trinajstić information content (AvgIpc) is 1.37. The molecule has 0 aromatic rings. The Morgan fingerprint density at radius 3 is 2.25 bits per heavy atom. The molecule has 0 amide bonds. The SMILES string of the molecule is [N-]=[N+]=C[Si]. The summed E-state index contributed by atoms with van der Waals surface area (Å²) in [6.45, 7) is 0. The van der Waals surface area contributed by atoms with Crippen molar-refractivity contribution in [2.45, 2.75) is 0 Å². The van der Waals surface area contributed by atoms with E-state index in [2.05, 4.69) is 15.0 Å². The Balaban J connectivity index is 3.11. The van der Waals surface area contributed by atoms with Crippen LogP contribution in [0.5, 0.6) is 0 Å². The van der Waals surface area contributed by atoms with Crippen LogP contribution in [0.25, 0.3) is 5.53 Å². The average molecular weight is 69.1 g/mol. The van der Waals surface area contributed by atoms with E-state index in [9.17, 15) is 0 Å². The fraction of sp³-hybridized carbons (Fsp3) is 0. The Morgan fingerprint density at radius 2 is 2.25 bits per heavy atom. The predicted octanol–water partition coefficient (Wildman–Crippen LogP) is -0.587. The normalized spacial score (nSPS) is 4.25. The zero-order valence-corrected chi connectivity index (χ0v) is 2.97. The summed E-state index contributed by atoms with van der Waals surface area (Å²) in [5.41, 5.74) is 7.40. The molecule has 0 aliphatic rings. The molecule has 0 aliphatic carbocycles. The van der Waals surface area contributed by atoms with Crippen molar-refractivity contribution in [3.63, 3.8) is 0 Å². The van der Waals surface area contributed by atoms with Gasteiger partial charge in [0.15, 0.2) is 10.2 Å². The second-order valence-corrected chi connectivity index (χ2v) is 0.503. The van der Waals surface area contributed by atoms with Crippen molar-refractivity contribution < 1.29 is 4.79 Å². The number of nitrogens with zero attached hydrogens (tertiary/aromatic N) is 2. The maximum Gasteiger partial charge on any atom is 0.219 e. The van der Waals surface area contributed by atoms with E-state index in [1.165, 1.54) is 0 Å². The van der Waals surface area contributed by atoms with E-state index >= 15 is 0 Å². The highest BCUT2D eigenvalue weighted by Crippen LogP contribution is 1.07. The summed E-state index contributed by atoms with van der Waals surface area (Å²) in [6, 6.07) is 0. The van der Waals surface area contributed by atoms with Crippen LogP contribution in [-0.4, -0.2) is 20.9 Å². The van der Waals surface area contributed by atoms with Gasteiger partial charge < -0.3 is 5.53 Å². The van der Waals surface area contributed by atoms with Crippen LogP contribution in [0.1, 0.15) is 0 Å². The Hall–Kier alpha value is -0.403. The molecular weight excluding hydrogens is 68.1 g/mol. The van der Waals surface area contributed by atoms with Gasteiger partial charge in [-0.25, -0.2) is 0 Å². The van der Waals surface area contributed by atoms with Crippen molar-refractivity contribution in [3.05, 3.63) is 5.53 Å². The monoisotopic (exact) mass is 69.0 g/mol. The van der Waals surface area contributed by atoms with Gasteiger partial charge in [0.1, 0.15) is 0 Å². The van der Waals surface area contributed by atoms with Gasteiger partial charge in [0.05, 0.1) is 0 Å². The summed E-state index contributed by atoms with van der Waals surface area (Å²) in [5.74, 6) is 1.11. The maximum absolute atomic E-state index is 7.40. The number of hydrogen-bond acceptors (Lipinski definition) is 0. The molecule has 2 nitrogen and oxygen atoms in total. The fourth-order valence-electron chi connectivity index (χ4n) is 0. The van der Waals surface area contributed by atoms with Gasteiger partial charge in [0.25, 0.3) is 0 Å². The molecule has 19 valence electrons. The standard InChI is InChI=1S/CHN2Si/c2-3-1-4/h1H. The third-order valence-electron chi connectivity index (χ3n) is 0.0577. The fourth-order valence-corrected chi connectivity index (χ4v) is 0. The van der Waals surface area contributed by atoms with Crippen LogP contribution in [0, 0.1) is 0 Å². The van der Waals surface area contributed by atoms with Crippen LogP contribution in [0.4, 0.5) is 0 Å². The van der Waals surface area contributed by atoms with E-state index in [1.807, 2.05) is 0 Å². The molecule has 0 aliphatic heterocycles. The van der Waals surface area contributed by atoms with E-state index in [-0.39, 0.29) is 0 Å². The first kappa shape index (κ1) is 3.60. The van der Waals surface area contributed by atoms with Crippen LogP contribution in [-0.2, 0) is 0 Å². The van der Waals surface area contributed by atoms with Crippen molar-refractivity contribution in [3.8, 4) is 0 Å². The molecule has 0 fully saturated rings. The first-order valence-corrected chi connectivity index (χ1v) is 1.32. The maximum atomic E-state index is 7.40. The lowest BCUT2D eigenvalue weighted by Gasteiger charge is -1.30. The minimum atomic E-state index is 1.11. The number of rotatable bonds is 0. The molecular formula is CHN2Si. The second-order valence-electron chi connectivity index (χ2n) is 0.245. The second kappa shape index (κ2) is 2.60. The van der Waals surface area contributed by atoms with Gasteiger partial charge in [-0.3, -0.25) is 0 Å². The van der Waals surface area contributed by atoms with E-state index in [0.29, 0.717) is 0 Å². The largest absolute Gasteiger partial charge is 0.363 e. The minimum Gasteiger partial charge on any atom is -0.363 e. The molecule has 0 aromatic carbocycles. The van der Waals surface area contributed by atoms with Crippen molar-refractivity contribution in [2.24, 2.45) is 0 Å². The molecule has 4 heavy (non-hydrogen) atoms. The van der Waals surface area contributed by atoms with Gasteiger partial charge >= 0.3 is 0 Å². The van der Waals surface area contributed by atoms with Crippen LogP contribution in [0.3, 0.4) is 0 Å². The molecule has 0 heterocycles. The summed E-state index contributed by atoms with van der Waals surface area (Å²) in [7, 11) is 2.75. The highest BCUT2D eigenvalue weighted by molar-refractivity contribution is 6.48. The summed E-state index contributed by atoms with van der Waals surface area (Å²) >= 11 is 0. The summed E-state index contributed by atoms with van der Waals surface area (Å²) < 4.78 is 0. The molecule has 0 atom stereocenters. The van der Waals surface area contributed by atoms with E-state index in [0.717, 1.165) is 5.84 Å². The van der Waals surface area contributed by atoms with Gasteiger partial charge in [0.2, 0.25) is 5.84 Å². The number of hydrogen-bond donors (Lipinski definition) is 0. The van der Waals surface area contributed by atoms with E-state index < -0.39 is 0 Å². The quantitative estimate of drug-likeness (QED) is 0.158. The van der Waals surface area contributed by atoms with E-state index in [4.69, 9.17) is 5.53 Å². The van der Waals surface area contributed by atoms with Crippen LogP contribution in [0.2, 0.25) is 0 Å². The van der Waals surface area contributed by atoms with Gasteiger partial charge in [-0.15, -0.1) is 0 Å². The summed E-state index contributed by atoms with van der Waals surface area (Å²) in [6.07, 6.45) is 0. The Labute approximate surface area is 27.5 Å². The van der Waals surface area contributed by atoms with Crippen LogP contribution >= 0.6 is 0 Å². The third kappa shape index (κ3) is 1.60. The highest BCUT2D eigenvalue weighted by atomic mass is 28.1. The summed E-state index contributed by atoms with van der Waals surface area (Å²) in [5, 5.41) is 0. The molecule has 3 radical (unpaired) electrons. The highest BCUT2D eigenvalue weighted by Gasteiger charge is 1.41. The van der Waals surface area contributed by atoms with Gasteiger partial charge in [-0.1, -0.05) is 0 Å². The molecule has 0 N–H and O–H groups in total. The van der Waals surface area contributed by atoms with Crippen molar-refractivity contribution >= 4 is 16.1 Å². The van der Waals surface area contributed by atoms with Gasteiger partial charge in [0, 0.05) is 0 Å². The van der Waals surface area contributed by atoms with Crippen LogP contribution < -0.4 is 0 Å². The van der Waals surface area contributed by atoms with Crippen molar-refractivity contribution in [2.75, 3.05) is 0 Å². The Morgan fingerprint density at radius 1 is 2.00 bits per heavy atom. The smallest absolute Gasteiger partial charge is 0.219 e. The molecule has 0 spiro atoms. The lowest BCUT2D eigenvalue weighted by atomic mass is 11.7. The van der Waals surface area contributed by atoms with Crippen molar-refractivity contribution in [1.29, 1.82) is 0 Å². The Kier molecular flexibility index (Phi) is 2.34. The molecule has 0 saturated heterocycles.